The Labute approximate surface area is 106 Å². The van der Waals surface area contributed by atoms with Crippen LogP contribution in [0, 0.1) is 8.99 Å². The van der Waals surface area contributed by atoms with E-state index in [4.69, 9.17) is 5.84 Å². The Balaban J connectivity index is 2.66. The van der Waals surface area contributed by atoms with Crippen molar-refractivity contribution in [3.05, 3.63) is 33.4 Å². The second kappa shape index (κ2) is 5.98. The van der Waals surface area contributed by atoms with Gasteiger partial charge in [0.15, 0.2) is 0 Å². The molecule has 92 valence electrons. The zero-order valence-electron chi connectivity index (χ0n) is 10.7. The normalized spacial score (nSPS) is 12.7. The van der Waals surface area contributed by atoms with Crippen molar-refractivity contribution in [2.24, 2.45) is 11.3 Å². The van der Waals surface area contributed by atoms with Crippen LogP contribution in [-0.4, -0.2) is 9.36 Å². The van der Waals surface area contributed by atoms with Crippen LogP contribution in [0.1, 0.15) is 26.3 Å². The Kier molecular flexibility index (Phi) is 5.21. The fourth-order valence-corrected chi connectivity index (χ4v) is 7.07. The molecule has 0 aliphatic carbocycles. The summed E-state index contributed by atoms with van der Waals surface area (Å²) in [4.78, 5) is 2.45. The van der Waals surface area contributed by atoms with E-state index in [0.29, 0.717) is 5.41 Å². The molecule has 1 rings (SSSR count). The van der Waals surface area contributed by atoms with Gasteiger partial charge in [0.1, 0.15) is 0 Å². The van der Waals surface area contributed by atoms with Gasteiger partial charge in [0, 0.05) is 0 Å². The van der Waals surface area contributed by atoms with Crippen LogP contribution in [0.4, 0.5) is 0 Å². The molecule has 0 heterocycles. The van der Waals surface area contributed by atoms with Crippen LogP contribution in [-0.2, 0) is 6.54 Å². The summed E-state index contributed by atoms with van der Waals surface area (Å²) in [6.07, 6.45) is 0. The average Bonchev–Trinajstić information content (AvgIpc) is 2.16. The van der Waals surface area contributed by atoms with Gasteiger partial charge >= 0.3 is 107 Å². The Morgan fingerprint density at radius 1 is 1.19 bits per heavy atom. The first-order chi connectivity index (χ1) is 7.42. The van der Waals surface area contributed by atoms with Crippen LogP contribution in [0.2, 0.25) is 0 Å². The Morgan fingerprint density at radius 3 is 2.19 bits per heavy atom. The van der Waals surface area contributed by atoms with Gasteiger partial charge in [-0.1, -0.05) is 0 Å². The van der Waals surface area contributed by atoms with Crippen molar-refractivity contribution in [2.45, 2.75) is 27.3 Å². The van der Waals surface area contributed by atoms with Gasteiger partial charge in [0.05, 0.1) is 0 Å². The molecule has 0 bridgehead atoms. The van der Waals surface area contributed by atoms with Crippen molar-refractivity contribution in [2.75, 3.05) is 9.36 Å². The van der Waals surface area contributed by atoms with Gasteiger partial charge in [0.25, 0.3) is 0 Å². The molecular formula is C13H23IN2. The van der Waals surface area contributed by atoms with Gasteiger partial charge in [0.2, 0.25) is 0 Å². The van der Waals surface area contributed by atoms with Crippen LogP contribution in [0.25, 0.3) is 0 Å². The molecule has 3 N–H and O–H groups in total. The average molecular weight is 334 g/mol. The first-order valence-electron chi connectivity index (χ1n) is 5.50. The fraction of sp³-hybridized carbons (Fsp3) is 0.538. The third-order valence-corrected chi connectivity index (χ3v) is 8.47. The zero-order chi connectivity index (χ0) is 12.2. The van der Waals surface area contributed by atoms with Gasteiger partial charge in [-0.15, -0.1) is 0 Å². The van der Waals surface area contributed by atoms with Gasteiger partial charge in [-0.05, 0) is 0 Å². The molecule has 16 heavy (non-hydrogen) atoms. The number of hydrazine groups is 1. The van der Waals surface area contributed by atoms with Crippen LogP contribution in [0.3, 0.4) is 0 Å². The van der Waals surface area contributed by atoms with Crippen LogP contribution >= 0.6 is 19.8 Å². The van der Waals surface area contributed by atoms with E-state index in [-0.39, 0.29) is 0 Å². The molecule has 0 atom stereocenters. The van der Waals surface area contributed by atoms with Crippen LogP contribution in [0.15, 0.2) is 24.3 Å². The topological polar surface area (TPSA) is 38.0 Å². The number of hydrogen-bond acceptors (Lipinski definition) is 2. The van der Waals surface area contributed by atoms with Crippen molar-refractivity contribution in [1.82, 2.24) is 5.43 Å². The van der Waals surface area contributed by atoms with Crippen molar-refractivity contribution in [3.8, 4) is 0 Å². The van der Waals surface area contributed by atoms with E-state index >= 15 is 0 Å². The molecule has 1 aromatic carbocycles. The molecule has 3 heteroatoms. The summed E-state index contributed by atoms with van der Waals surface area (Å²) in [5, 5.41) is 0. The quantitative estimate of drug-likeness (QED) is 0.384. The van der Waals surface area contributed by atoms with E-state index in [2.05, 4.69) is 55.4 Å². The minimum absolute atomic E-state index is 0.455. The molecule has 0 fully saturated rings. The standard InChI is InChI=1S/C13H23IN2/c1-13(2,3)10-14(4)12-7-5-11(6-8-12)9-16-15/h5-8,16H,9-10,15H2,1-4H3. The molecule has 0 aliphatic heterocycles. The predicted molar refractivity (Wildman–Crippen MR) is 80.4 cm³/mol. The van der Waals surface area contributed by atoms with Crippen molar-refractivity contribution in [3.63, 3.8) is 0 Å². The minimum atomic E-state index is -0.955. The fourth-order valence-electron chi connectivity index (χ4n) is 1.61. The van der Waals surface area contributed by atoms with E-state index in [1.54, 1.807) is 3.57 Å². The SMILES string of the molecule is CI(CC(C)(C)C)c1ccc(CNN)cc1. The van der Waals surface area contributed by atoms with E-state index in [1.165, 1.54) is 9.99 Å². The third-order valence-electron chi connectivity index (χ3n) is 2.19. The van der Waals surface area contributed by atoms with Gasteiger partial charge < -0.3 is 0 Å². The first kappa shape index (κ1) is 13.9. The third kappa shape index (κ3) is 4.80. The molecular weight excluding hydrogens is 311 g/mol. The second-order valence-corrected chi connectivity index (χ2v) is 10.7. The number of halogens is 1. The molecule has 0 saturated heterocycles. The molecule has 0 radical (unpaired) electrons. The molecule has 0 aromatic heterocycles. The number of hydrogen-bond donors (Lipinski definition) is 2. The Morgan fingerprint density at radius 2 is 1.75 bits per heavy atom. The molecule has 0 saturated carbocycles. The monoisotopic (exact) mass is 334 g/mol. The molecule has 0 spiro atoms. The number of nitrogens with two attached hydrogens (primary N) is 1. The molecule has 0 unspecified atom stereocenters. The molecule has 0 aliphatic rings. The van der Waals surface area contributed by atoms with E-state index in [9.17, 15) is 0 Å². The predicted octanol–water partition coefficient (Wildman–Crippen LogP) is 3.00. The summed E-state index contributed by atoms with van der Waals surface area (Å²) >= 11 is -0.955. The summed E-state index contributed by atoms with van der Waals surface area (Å²) in [6, 6.07) is 8.93. The maximum absolute atomic E-state index is 5.30. The van der Waals surface area contributed by atoms with E-state index in [1.807, 2.05) is 0 Å². The number of rotatable bonds is 4. The number of nitrogens with one attached hydrogen (secondary N) is 1. The summed E-state index contributed by atoms with van der Waals surface area (Å²) in [5.74, 6) is 5.30. The zero-order valence-corrected chi connectivity index (χ0v) is 12.8. The second-order valence-electron chi connectivity index (χ2n) is 5.29. The Hall–Kier alpha value is -0.130. The molecule has 1 aromatic rings. The number of benzene rings is 1. The van der Waals surface area contributed by atoms with Crippen molar-refractivity contribution >= 4 is 19.8 Å². The van der Waals surface area contributed by atoms with E-state index in [0.717, 1.165) is 6.54 Å². The van der Waals surface area contributed by atoms with Gasteiger partial charge in [-0.2, -0.15) is 0 Å². The Bertz CT molecular complexity index is 314. The van der Waals surface area contributed by atoms with Crippen LogP contribution < -0.4 is 11.3 Å². The summed E-state index contributed by atoms with van der Waals surface area (Å²) in [5.41, 5.74) is 4.39. The van der Waals surface area contributed by atoms with E-state index < -0.39 is 19.8 Å². The summed E-state index contributed by atoms with van der Waals surface area (Å²) in [6.45, 7) is 7.73. The van der Waals surface area contributed by atoms with Gasteiger partial charge in [-0.3, -0.25) is 0 Å². The number of alkyl halides is 2. The maximum atomic E-state index is 5.30. The van der Waals surface area contributed by atoms with Crippen molar-refractivity contribution in [1.29, 1.82) is 0 Å². The van der Waals surface area contributed by atoms with Gasteiger partial charge in [-0.25, -0.2) is 0 Å². The molecule has 0 amide bonds. The summed E-state index contributed by atoms with van der Waals surface area (Å²) in [7, 11) is 0. The first-order valence-corrected chi connectivity index (χ1v) is 10.3. The van der Waals surface area contributed by atoms with Crippen molar-refractivity contribution < 1.29 is 0 Å². The molecule has 2 nitrogen and oxygen atoms in total. The summed E-state index contributed by atoms with van der Waals surface area (Å²) < 4.78 is 2.94. The van der Waals surface area contributed by atoms with Crippen LogP contribution in [0.5, 0.6) is 0 Å².